The van der Waals surface area contributed by atoms with E-state index < -0.39 is 17.7 Å². The first kappa shape index (κ1) is 13.2. The van der Waals surface area contributed by atoms with Crippen molar-refractivity contribution in [2.75, 3.05) is 12.4 Å². The summed E-state index contributed by atoms with van der Waals surface area (Å²) in [5.74, 6) is -1.93. The molecular weight excluding hydrogens is 271 g/mol. The Kier molecular flexibility index (Phi) is 3.86. The normalized spacial score (nSPS) is 10.0. The third-order valence-corrected chi connectivity index (χ3v) is 3.20. The molecule has 2 heterocycles. The lowest BCUT2D eigenvalue weighted by Crippen LogP contribution is -2.15. The van der Waals surface area contributed by atoms with E-state index in [0.29, 0.717) is 0 Å². The number of esters is 1. The molecule has 0 aromatic carbocycles. The Hall–Kier alpha value is -2.28. The summed E-state index contributed by atoms with van der Waals surface area (Å²) in [6.45, 7) is 0. The van der Waals surface area contributed by atoms with Gasteiger partial charge in [0.1, 0.15) is 4.88 Å². The van der Waals surface area contributed by atoms with Crippen molar-refractivity contribution in [1.82, 2.24) is 4.98 Å². The molecule has 0 spiro atoms. The number of aromatic nitrogens is 1. The zero-order chi connectivity index (χ0) is 13.8. The van der Waals surface area contributed by atoms with Crippen molar-refractivity contribution >= 4 is 28.9 Å². The maximum absolute atomic E-state index is 13.4. The Labute approximate surface area is 112 Å². The Bertz CT molecular complexity index is 627. The second kappa shape index (κ2) is 5.57. The highest BCUT2D eigenvalue weighted by Gasteiger charge is 2.17. The number of pyridine rings is 1. The van der Waals surface area contributed by atoms with Crippen molar-refractivity contribution in [2.24, 2.45) is 0 Å². The summed E-state index contributed by atoms with van der Waals surface area (Å²) < 4.78 is 18.0. The van der Waals surface area contributed by atoms with E-state index in [1.165, 1.54) is 19.4 Å². The summed E-state index contributed by atoms with van der Waals surface area (Å²) in [6, 6.07) is 2.81. The minimum atomic E-state index is -0.727. The molecule has 1 N–H and O–H groups in total. The fourth-order valence-corrected chi connectivity index (χ4v) is 2.17. The maximum atomic E-state index is 13.4. The summed E-state index contributed by atoms with van der Waals surface area (Å²) in [7, 11) is 1.25. The molecule has 0 unspecified atom stereocenters. The molecule has 1 amide bonds. The van der Waals surface area contributed by atoms with Crippen LogP contribution in [0, 0.1) is 5.82 Å². The zero-order valence-electron chi connectivity index (χ0n) is 9.84. The van der Waals surface area contributed by atoms with Gasteiger partial charge in [-0.1, -0.05) is 0 Å². The molecule has 19 heavy (non-hydrogen) atoms. The molecule has 2 aromatic heterocycles. The zero-order valence-corrected chi connectivity index (χ0v) is 10.7. The molecule has 0 radical (unpaired) electrons. The van der Waals surface area contributed by atoms with Gasteiger partial charge in [0.05, 0.1) is 24.6 Å². The van der Waals surface area contributed by atoms with E-state index in [1.54, 1.807) is 11.4 Å². The molecule has 0 saturated carbocycles. The number of nitrogens with zero attached hydrogens (tertiary/aromatic N) is 1. The Morgan fingerprint density at radius 1 is 1.42 bits per heavy atom. The fraction of sp³-hybridized carbons (Fsp3) is 0.0833. The Morgan fingerprint density at radius 3 is 2.89 bits per heavy atom. The molecule has 0 saturated heterocycles. The number of ether oxygens (including phenoxy) is 1. The molecule has 7 heteroatoms. The number of carbonyl (C=O) groups is 2. The number of thiophene rings is 1. The number of rotatable bonds is 3. The second-order valence-corrected chi connectivity index (χ2v) is 4.38. The van der Waals surface area contributed by atoms with Crippen LogP contribution in [-0.2, 0) is 4.74 Å². The van der Waals surface area contributed by atoms with Gasteiger partial charge in [0.15, 0.2) is 5.82 Å². The smallest absolute Gasteiger partial charge is 0.350 e. The number of hydrogen-bond donors (Lipinski definition) is 1. The summed E-state index contributed by atoms with van der Waals surface area (Å²) in [5, 5.41) is 4.10. The van der Waals surface area contributed by atoms with Gasteiger partial charge in [0, 0.05) is 6.20 Å². The molecule has 2 aromatic rings. The minimum absolute atomic E-state index is 0.142. The lowest BCUT2D eigenvalue weighted by molar-refractivity contribution is 0.0607. The van der Waals surface area contributed by atoms with Crippen LogP contribution in [0.15, 0.2) is 29.9 Å². The van der Waals surface area contributed by atoms with Crippen molar-refractivity contribution in [3.05, 3.63) is 46.2 Å². The topological polar surface area (TPSA) is 68.3 Å². The molecule has 0 aliphatic carbocycles. The molecule has 0 bridgehead atoms. The monoisotopic (exact) mass is 280 g/mol. The van der Waals surface area contributed by atoms with Crippen molar-refractivity contribution in [2.45, 2.75) is 0 Å². The highest BCUT2D eigenvalue weighted by atomic mass is 32.1. The first-order valence-electron chi connectivity index (χ1n) is 5.20. The van der Waals surface area contributed by atoms with Gasteiger partial charge in [-0.3, -0.25) is 9.78 Å². The first-order chi connectivity index (χ1) is 9.13. The van der Waals surface area contributed by atoms with Crippen LogP contribution in [0.4, 0.5) is 10.1 Å². The average Bonchev–Trinajstić information content (AvgIpc) is 2.86. The fourth-order valence-electron chi connectivity index (χ4n) is 1.41. The summed E-state index contributed by atoms with van der Waals surface area (Å²) >= 11 is 1.13. The SMILES string of the molecule is COC(=O)c1sccc1NC(=O)c1ccncc1F. The van der Waals surface area contributed by atoms with Crippen LogP contribution >= 0.6 is 11.3 Å². The van der Waals surface area contributed by atoms with E-state index in [0.717, 1.165) is 17.5 Å². The van der Waals surface area contributed by atoms with E-state index in [-0.39, 0.29) is 16.1 Å². The molecule has 98 valence electrons. The summed E-state index contributed by atoms with van der Waals surface area (Å²) in [6.07, 6.45) is 2.26. The number of nitrogens with one attached hydrogen (secondary N) is 1. The van der Waals surface area contributed by atoms with Crippen molar-refractivity contribution < 1.29 is 18.7 Å². The van der Waals surface area contributed by atoms with Gasteiger partial charge in [-0.15, -0.1) is 11.3 Å². The second-order valence-electron chi connectivity index (χ2n) is 3.46. The third-order valence-electron chi connectivity index (χ3n) is 2.30. The molecule has 2 rings (SSSR count). The number of carbonyl (C=O) groups excluding carboxylic acids is 2. The minimum Gasteiger partial charge on any atom is -0.465 e. The van der Waals surface area contributed by atoms with E-state index in [4.69, 9.17) is 0 Å². The van der Waals surface area contributed by atoms with Crippen LogP contribution in [0.2, 0.25) is 0 Å². The lowest BCUT2D eigenvalue weighted by atomic mass is 10.2. The number of methoxy groups -OCH3 is 1. The van der Waals surface area contributed by atoms with Crippen molar-refractivity contribution in [3.63, 3.8) is 0 Å². The molecule has 0 aliphatic heterocycles. The Morgan fingerprint density at radius 2 is 2.21 bits per heavy atom. The van der Waals surface area contributed by atoms with Gasteiger partial charge < -0.3 is 10.1 Å². The van der Waals surface area contributed by atoms with Crippen molar-refractivity contribution in [3.8, 4) is 0 Å². The molecule has 5 nitrogen and oxygen atoms in total. The number of halogens is 1. The molecular formula is C12H9FN2O3S. The van der Waals surface area contributed by atoms with E-state index in [9.17, 15) is 14.0 Å². The van der Waals surface area contributed by atoms with Crippen LogP contribution in [0.1, 0.15) is 20.0 Å². The third kappa shape index (κ3) is 2.76. The van der Waals surface area contributed by atoms with E-state index >= 15 is 0 Å². The largest absolute Gasteiger partial charge is 0.465 e. The van der Waals surface area contributed by atoms with Gasteiger partial charge in [-0.2, -0.15) is 0 Å². The predicted octanol–water partition coefficient (Wildman–Crippen LogP) is 2.32. The standard InChI is InChI=1S/C12H9FN2O3S/c1-18-12(17)10-9(3-5-19-10)15-11(16)7-2-4-14-6-8(7)13/h2-6H,1H3,(H,15,16). The van der Waals surface area contributed by atoms with Gasteiger partial charge >= 0.3 is 5.97 Å². The molecule has 0 fully saturated rings. The van der Waals surface area contributed by atoms with Crippen LogP contribution in [-0.4, -0.2) is 24.0 Å². The summed E-state index contributed by atoms with van der Waals surface area (Å²) in [5.41, 5.74) is 0.148. The quantitative estimate of drug-likeness (QED) is 0.876. The molecule has 0 atom stereocenters. The van der Waals surface area contributed by atoms with Gasteiger partial charge in [0.2, 0.25) is 0 Å². The lowest BCUT2D eigenvalue weighted by Gasteiger charge is -2.05. The average molecular weight is 280 g/mol. The highest BCUT2D eigenvalue weighted by Crippen LogP contribution is 2.23. The van der Waals surface area contributed by atoms with E-state index in [1.807, 2.05) is 0 Å². The van der Waals surface area contributed by atoms with Crippen LogP contribution in [0.25, 0.3) is 0 Å². The number of anilines is 1. The van der Waals surface area contributed by atoms with Crippen LogP contribution in [0.5, 0.6) is 0 Å². The highest BCUT2D eigenvalue weighted by molar-refractivity contribution is 7.12. The van der Waals surface area contributed by atoms with Crippen molar-refractivity contribution in [1.29, 1.82) is 0 Å². The van der Waals surface area contributed by atoms with Gasteiger partial charge in [-0.25, -0.2) is 9.18 Å². The van der Waals surface area contributed by atoms with E-state index in [2.05, 4.69) is 15.0 Å². The summed E-state index contributed by atoms with van der Waals surface area (Å²) in [4.78, 5) is 27.1. The van der Waals surface area contributed by atoms with Crippen LogP contribution in [0.3, 0.4) is 0 Å². The van der Waals surface area contributed by atoms with Gasteiger partial charge in [0.25, 0.3) is 5.91 Å². The number of hydrogen-bond acceptors (Lipinski definition) is 5. The first-order valence-corrected chi connectivity index (χ1v) is 6.08. The predicted molar refractivity (Wildman–Crippen MR) is 67.8 cm³/mol. The molecule has 0 aliphatic rings. The van der Waals surface area contributed by atoms with Crippen LogP contribution < -0.4 is 5.32 Å². The van der Waals surface area contributed by atoms with Gasteiger partial charge in [-0.05, 0) is 17.5 Å². The number of amides is 1. The maximum Gasteiger partial charge on any atom is 0.350 e. The Balaban J connectivity index is 2.23.